The Labute approximate surface area is 146 Å². The number of carbonyl (C=O) groups is 1. The summed E-state index contributed by atoms with van der Waals surface area (Å²) in [5.74, 6) is 1.33. The van der Waals surface area contributed by atoms with Crippen LogP contribution in [0.5, 0.6) is 0 Å². The van der Waals surface area contributed by atoms with Crippen molar-refractivity contribution in [3.05, 3.63) is 54.1 Å². The molecule has 0 unspecified atom stereocenters. The highest BCUT2D eigenvalue weighted by atomic mass is 16.1. The smallest absolute Gasteiger partial charge is 0.251 e. The average Bonchev–Trinajstić information content (AvgIpc) is 3.02. The highest BCUT2D eigenvalue weighted by Gasteiger charge is 2.10. The van der Waals surface area contributed by atoms with Crippen molar-refractivity contribution in [2.24, 2.45) is 0 Å². The Morgan fingerprint density at radius 2 is 1.92 bits per heavy atom. The Morgan fingerprint density at radius 3 is 2.60 bits per heavy atom. The van der Waals surface area contributed by atoms with Gasteiger partial charge in [0, 0.05) is 31.0 Å². The molecule has 2 aromatic heterocycles. The first kappa shape index (κ1) is 16.6. The van der Waals surface area contributed by atoms with Crippen LogP contribution in [0.2, 0.25) is 0 Å². The summed E-state index contributed by atoms with van der Waals surface area (Å²) < 4.78 is 2.10. The van der Waals surface area contributed by atoms with E-state index in [0.717, 1.165) is 29.4 Å². The van der Waals surface area contributed by atoms with Crippen molar-refractivity contribution in [1.82, 2.24) is 24.8 Å². The SMILES string of the molecule is CCn1c(-c2ccnc(Nc3ccc(C(=O)NC)cc3)n2)cnc1C. The van der Waals surface area contributed by atoms with Crippen molar-refractivity contribution in [1.29, 1.82) is 0 Å². The van der Waals surface area contributed by atoms with E-state index in [2.05, 4.69) is 37.1 Å². The zero-order chi connectivity index (χ0) is 17.8. The second-order valence-corrected chi connectivity index (χ2v) is 5.48. The molecule has 0 spiro atoms. The summed E-state index contributed by atoms with van der Waals surface area (Å²) in [7, 11) is 1.61. The number of rotatable bonds is 5. The van der Waals surface area contributed by atoms with Crippen LogP contribution in [0.1, 0.15) is 23.1 Å². The van der Waals surface area contributed by atoms with E-state index in [1.54, 1.807) is 25.4 Å². The van der Waals surface area contributed by atoms with Gasteiger partial charge in [0.15, 0.2) is 0 Å². The second kappa shape index (κ2) is 7.12. The molecule has 0 bridgehead atoms. The fraction of sp³-hybridized carbons (Fsp3) is 0.222. The van der Waals surface area contributed by atoms with Crippen LogP contribution < -0.4 is 10.6 Å². The first-order chi connectivity index (χ1) is 12.1. The molecular formula is C18H20N6O. The van der Waals surface area contributed by atoms with Gasteiger partial charge in [-0.2, -0.15) is 0 Å². The van der Waals surface area contributed by atoms with Crippen molar-refractivity contribution in [2.75, 3.05) is 12.4 Å². The molecular weight excluding hydrogens is 316 g/mol. The third-order valence-electron chi connectivity index (χ3n) is 3.92. The zero-order valence-corrected chi connectivity index (χ0v) is 14.4. The molecule has 128 valence electrons. The fourth-order valence-electron chi connectivity index (χ4n) is 2.61. The fourth-order valence-corrected chi connectivity index (χ4v) is 2.61. The predicted molar refractivity (Wildman–Crippen MR) is 96.8 cm³/mol. The quantitative estimate of drug-likeness (QED) is 0.748. The lowest BCUT2D eigenvalue weighted by molar-refractivity contribution is 0.0963. The third kappa shape index (κ3) is 3.50. The first-order valence-corrected chi connectivity index (χ1v) is 8.07. The Morgan fingerprint density at radius 1 is 1.16 bits per heavy atom. The summed E-state index contributed by atoms with van der Waals surface area (Å²) >= 11 is 0. The number of nitrogens with zero attached hydrogens (tertiary/aromatic N) is 4. The van der Waals surface area contributed by atoms with Crippen LogP contribution in [0.15, 0.2) is 42.7 Å². The van der Waals surface area contributed by atoms with Crippen LogP contribution >= 0.6 is 0 Å². The van der Waals surface area contributed by atoms with Gasteiger partial charge in [0.1, 0.15) is 5.82 Å². The standard InChI is InChI=1S/C18H20N6O/c1-4-24-12(2)21-11-16(24)15-9-10-20-18(23-15)22-14-7-5-13(6-8-14)17(25)19-3/h5-11H,4H2,1-3H3,(H,19,25)(H,20,22,23). The molecule has 2 N–H and O–H groups in total. The van der Waals surface area contributed by atoms with Crippen LogP contribution in [0, 0.1) is 6.92 Å². The number of anilines is 2. The van der Waals surface area contributed by atoms with E-state index in [9.17, 15) is 4.79 Å². The number of amides is 1. The zero-order valence-electron chi connectivity index (χ0n) is 14.4. The van der Waals surface area contributed by atoms with E-state index in [-0.39, 0.29) is 5.91 Å². The highest BCUT2D eigenvalue weighted by Crippen LogP contribution is 2.21. The van der Waals surface area contributed by atoms with Crippen LogP contribution in [-0.4, -0.2) is 32.5 Å². The Bertz CT molecular complexity index is 885. The number of aryl methyl sites for hydroxylation is 1. The molecule has 3 rings (SSSR count). The van der Waals surface area contributed by atoms with Gasteiger partial charge in [-0.3, -0.25) is 4.79 Å². The predicted octanol–water partition coefficient (Wildman–Crippen LogP) is 2.77. The molecule has 7 heteroatoms. The molecule has 0 aliphatic heterocycles. The van der Waals surface area contributed by atoms with E-state index >= 15 is 0 Å². The number of aromatic nitrogens is 4. The van der Waals surface area contributed by atoms with Gasteiger partial charge in [0.25, 0.3) is 5.91 Å². The van der Waals surface area contributed by atoms with E-state index in [0.29, 0.717) is 11.5 Å². The van der Waals surface area contributed by atoms with E-state index in [4.69, 9.17) is 0 Å². The molecule has 25 heavy (non-hydrogen) atoms. The minimum Gasteiger partial charge on any atom is -0.355 e. The molecule has 7 nitrogen and oxygen atoms in total. The first-order valence-electron chi connectivity index (χ1n) is 8.07. The molecule has 0 saturated heterocycles. The minimum atomic E-state index is -0.118. The summed E-state index contributed by atoms with van der Waals surface area (Å²) in [6.07, 6.45) is 3.54. The van der Waals surface area contributed by atoms with Crippen LogP contribution in [0.4, 0.5) is 11.6 Å². The Kier molecular flexibility index (Phi) is 4.74. The number of hydrogen-bond donors (Lipinski definition) is 2. The molecule has 1 aromatic carbocycles. The van der Waals surface area contributed by atoms with E-state index in [1.807, 2.05) is 31.3 Å². The number of benzene rings is 1. The van der Waals surface area contributed by atoms with Gasteiger partial charge in [-0.25, -0.2) is 15.0 Å². The number of hydrogen-bond acceptors (Lipinski definition) is 5. The molecule has 0 radical (unpaired) electrons. The van der Waals surface area contributed by atoms with Crippen LogP contribution in [0.3, 0.4) is 0 Å². The third-order valence-corrected chi connectivity index (χ3v) is 3.92. The number of nitrogens with one attached hydrogen (secondary N) is 2. The molecule has 0 aliphatic carbocycles. The maximum atomic E-state index is 11.6. The van der Waals surface area contributed by atoms with Gasteiger partial charge < -0.3 is 15.2 Å². The van der Waals surface area contributed by atoms with Gasteiger partial charge in [0.05, 0.1) is 17.6 Å². The molecule has 0 fully saturated rings. The molecule has 3 aromatic rings. The highest BCUT2D eigenvalue weighted by molar-refractivity contribution is 5.94. The van der Waals surface area contributed by atoms with Crippen molar-refractivity contribution in [2.45, 2.75) is 20.4 Å². The Balaban J connectivity index is 1.83. The van der Waals surface area contributed by atoms with Crippen molar-refractivity contribution in [3.63, 3.8) is 0 Å². The minimum absolute atomic E-state index is 0.118. The summed E-state index contributed by atoms with van der Waals surface area (Å²) in [5.41, 5.74) is 3.18. The molecule has 0 aliphatic rings. The van der Waals surface area contributed by atoms with Gasteiger partial charge in [-0.05, 0) is 44.2 Å². The van der Waals surface area contributed by atoms with E-state index < -0.39 is 0 Å². The Hall–Kier alpha value is -3.22. The van der Waals surface area contributed by atoms with Crippen molar-refractivity contribution < 1.29 is 4.79 Å². The van der Waals surface area contributed by atoms with Crippen molar-refractivity contribution >= 4 is 17.5 Å². The largest absolute Gasteiger partial charge is 0.355 e. The molecule has 2 heterocycles. The van der Waals surface area contributed by atoms with Gasteiger partial charge in [0.2, 0.25) is 5.95 Å². The summed E-state index contributed by atoms with van der Waals surface area (Å²) in [4.78, 5) is 24.8. The summed E-state index contributed by atoms with van der Waals surface area (Å²) in [6.45, 7) is 4.88. The lowest BCUT2D eigenvalue weighted by Crippen LogP contribution is -2.17. The summed E-state index contributed by atoms with van der Waals surface area (Å²) in [5, 5.41) is 5.76. The lowest BCUT2D eigenvalue weighted by atomic mass is 10.2. The molecule has 0 atom stereocenters. The molecule has 0 saturated carbocycles. The van der Waals surface area contributed by atoms with Crippen LogP contribution in [-0.2, 0) is 6.54 Å². The van der Waals surface area contributed by atoms with Crippen molar-refractivity contribution in [3.8, 4) is 11.4 Å². The van der Waals surface area contributed by atoms with Gasteiger partial charge >= 0.3 is 0 Å². The monoisotopic (exact) mass is 336 g/mol. The maximum absolute atomic E-state index is 11.6. The lowest BCUT2D eigenvalue weighted by Gasteiger charge is -2.09. The normalized spacial score (nSPS) is 10.5. The van der Waals surface area contributed by atoms with Gasteiger partial charge in [-0.1, -0.05) is 0 Å². The summed E-state index contributed by atoms with van der Waals surface area (Å²) in [6, 6.07) is 9.01. The average molecular weight is 336 g/mol. The van der Waals surface area contributed by atoms with E-state index in [1.165, 1.54) is 0 Å². The second-order valence-electron chi connectivity index (χ2n) is 5.48. The van der Waals surface area contributed by atoms with Crippen LogP contribution in [0.25, 0.3) is 11.4 Å². The number of carbonyl (C=O) groups excluding carboxylic acids is 1. The topological polar surface area (TPSA) is 84.7 Å². The molecule has 1 amide bonds. The number of imidazole rings is 1. The van der Waals surface area contributed by atoms with Gasteiger partial charge in [-0.15, -0.1) is 0 Å². The maximum Gasteiger partial charge on any atom is 0.251 e.